The van der Waals surface area contributed by atoms with Crippen LogP contribution < -0.4 is 5.73 Å². The Labute approximate surface area is 131 Å². The SMILES string of the molecule is C=C(C)N1CCC(CN)(CCc2ccccc2)CC1.CC. The molecule has 21 heavy (non-hydrogen) atoms. The maximum atomic E-state index is 6.08. The molecule has 0 aromatic heterocycles. The van der Waals surface area contributed by atoms with Crippen LogP contribution in [0.5, 0.6) is 0 Å². The van der Waals surface area contributed by atoms with Gasteiger partial charge < -0.3 is 10.6 Å². The maximum absolute atomic E-state index is 6.08. The minimum atomic E-state index is 0.335. The summed E-state index contributed by atoms with van der Waals surface area (Å²) in [7, 11) is 0. The lowest BCUT2D eigenvalue weighted by molar-refractivity contribution is 0.125. The largest absolute Gasteiger partial charge is 0.375 e. The molecule has 0 saturated carbocycles. The number of likely N-dealkylation sites (tertiary alicyclic amines) is 1. The number of rotatable bonds is 5. The zero-order valence-electron chi connectivity index (χ0n) is 14.1. The molecule has 0 spiro atoms. The smallest absolute Gasteiger partial charge is 0.0180 e. The molecule has 1 heterocycles. The van der Waals surface area contributed by atoms with Crippen LogP contribution in [0.1, 0.15) is 45.6 Å². The van der Waals surface area contributed by atoms with Crippen LogP contribution in [0.15, 0.2) is 42.6 Å². The first-order valence-corrected chi connectivity index (χ1v) is 8.30. The normalized spacial score (nSPS) is 16.9. The van der Waals surface area contributed by atoms with E-state index in [0.717, 1.165) is 26.1 Å². The van der Waals surface area contributed by atoms with E-state index >= 15 is 0 Å². The summed E-state index contributed by atoms with van der Waals surface area (Å²) in [6.07, 6.45) is 4.75. The van der Waals surface area contributed by atoms with Crippen LogP contribution >= 0.6 is 0 Å². The van der Waals surface area contributed by atoms with Crippen LogP contribution in [0.25, 0.3) is 0 Å². The molecule has 1 aliphatic rings. The van der Waals surface area contributed by atoms with Crippen molar-refractivity contribution < 1.29 is 0 Å². The summed E-state index contributed by atoms with van der Waals surface area (Å²) in [5, 5.41) is 0. The Morgan fingerprint density at radius 2 is 1.76 bits per heavy atom. The standard InChI is InChI=1S/C17H26N2.C2H6/c1-15(2)19-12-10-17(14-18,11-13-19)9-8-16-6-4-3-5-7-16;1-2/h3-7H,1,8-14,18H2,2H3;1-2H3. The zero-order chi connectivity index (χ0) is 15.7. The molecule has 118 valence electrons. The lowest BCUT2D eigenvalue weighted by Gasteiger charge is -2.42. The van der Waals surface area contributed by atoms with E-state index in [1.54, 1.807) is 0 Å². The van der Waals surface area contributed by atoms with Gasteiger partial charge in [-0.05, 0) is 50.1 Å². The van der Waals surface area contributed by atoms with E-state index < -0.39 is 0 Å². The predicted molar refractivity (Wildman–Crippen MR) is 93.2 cm³/mol. The fraction of sp³-hybridized carbons (Fsp3) is 0.579. The highest BCUT2D eigenvalue weighted by atomic mass is 15.1. The van der Waals surface area contributed by atoms with Gasteiger partial charge >= 0.3 is 0 Å². The van der Waals surface area contributed by atoms with Crippen LogP contribution in [0.2, 0.25) is 0 Å². The third-order valence-electron chi connectivity index (χ3n) is 4.58. The Hall–Kier alpha value is -1.28. The van der Waals surface area contributed by atoms with Gasteiger partial charge in [-0.1, -0.05) is 50.8 Å². The third-order valence-corrected chi connectivity index (χ3v) is 4.58. The molecule has 0 amide bonds. The van der Waals surface area contributed by atoms with E-state index in [1.165, 1.54) is 30.5 Å². The molecular weight excluding hydrogens is 256 g/mol. The average molecular weight is 288 g/mol. The zero-order valence-corrected chi connectivity index (χ0v) is 14.1. The van der Waals surface area contributed by atoms with E-state index in [0.29, 0.717) is 5.41 Å². The summed E-state index contributed by atoms with van der Waals surface area (Å²) in [4.78, 5) is 2.39. The molecule has 1 saturated heterocycles. The number of hydrogen-bond donors (Lipinski definition) is 1. The summed E-state index contributed by atoms with van der Waals surface area (Å²) >= 11 is 0. The Bertz CT molecular complexity index is 403. The first-order chi connectivity index (χ1) is 10.2. The van der Waals surface area contributed by atoms with Crippen molar-refractivity contribution in [2.24, 2.45) is 11.1 Å². The van der Waals surface area contributed by atoms with Crippen LogP contribution in [0, 0.1) is 5.41 Å². The highest BCUT2D eigenvalue weighted by molar-refractivity contribution is 5.15. The quantitative estimate of drug-likeness (QED) is 0.879. The van der Waals surface area contributed by atoms with Crippen molar-refractivity contribution in [2.45, 2.75) is 46.5 Å². The monoisotopic (exact) mass is 288 g/mol. The van der Waals surface area contributed by atoms with Crippen LogP contribution in [-0.2, 0) is 6.42 Å². The molecule has 0 aliphatic carbocycles. The van der Waals surface area contributed by atoms with Gasteiger partial charge in [-0.15, -0.1) is 0 Å². The van der Waals surface area contributed by atoms with E-state index in [4.69, 9.17) is 5.73 Å². The lowest BCUT2D eigenvalue weighted by atomic mass is 9.74. The average Bonchev–Trinajstić information content (AvgIpc) is 2.56. The van der Waals surface area contributed by atoms with Crippen LogP contribution in [-0.4, -0.2) is 24.5 Å². The highest BCUT2D eigenvalue weighted by Gasteiger charge is 2.32. The fourth-order valence-corrected chi connectivity index (χ4v) is 2.97. The number of piperidine rings is 1. The van der Waals surface area contributed by atoms with Gasteiger partial charge in [0.15, 0.2) is 0 Å². The summed E-state index contributed by atoms with van der Waals surface area (Å²) < 4.78 is 0. The lowest BCUT2D eigenvalue weighted by Crippen LogP contribution is -2.43. The molecule has 0 radical (unpaired) electrons. The summed E-state index contributed by atoms with van der Waals surface area (Å²) in [5.41, 5.74) is 9.04. The number of nitrogens with two attached hydrogens (primary N) is 1. The van der Waals surface area contributed by atoms with Gasteiger partial charge in [0.25, 0.3) is 0 Å². The minimum Gasteiger partial charge on any atom is -0.375 e. The van der Waals surface area contributed by atoms with Crippen molar-refractivity contribution in [3.05, 3.63) is 48.2 Å². The first-order valence-electron chi connectivity index (χ1n) is 8.30. The summed E-state index contributed by atoms with van der Waals surface area (Å²) in [6.45, 7) is 13.2. The van der Waals surface area contributed by atoms with E-state index in [9.17, 15) is 0 Å². The molecule has 1 fully saturated rings. The maximum Gasteiger partial charge on any atom is 0.0180 e. The van der Waals surface area contributed by atoms with Gasteiger partial charge in [0.2, 0.25) is 0 Å². The summed E-state index contributed by atoms with van der Waals surface area (Å²) in [5.74, 6) is 0. The molecule has 2 N–H and O–H groups in total. The first kappa shape index (κ1) is 17.8. The van der Waals surface area contributed by atoms with Gasteiger partial charge in [-0.2, -0.15) is 0 Å². The van der Waals surface area contributed by atoms with Gasteiger partial charge in [0.05, 0.1) is 0 Å². The molecule has 2 heteroatoms. The number of aryl methyl sites for hydroxylation is 1. The van der Waals surface area contributed by atoms with Crippen molar-refractivity contribution in [1.82, 2.24) is 4.90 Å². The molecular formula is C19H32N2. The van der Waals surface area contributed by atoms with Crippen molar-refractivity contribution >= 4 is 0 Å². The van der Waals surface area contributed by atoms with Gasteiger partial charge in [0, 0.05) is 18.8 Å². The molecule has 0 unspecified atom stereocenters. The minimum absolute atomic E-state index is 0.335. The molecule has 1 aromatic rings. The van der Waals surface area contributed by atoms with Crippen molar-refractivity contribution in [3.63, 3.8) is 0 Å². The number of hydrogen-bond acceptors (Lipinski definition) is 2. The second kappa shape index (κ2) is 8.89. The Balaban J connectivity index is 0.00000106. The third kappa shape index (κ3) is 5.20. The topological polar surface area (TPSA) is 29.3 Å². The molecule has 1 aliphatic heterocycles. The number of benzene rings is 1. The second-order valence-corrected chi connectivity index (χ2v) is 5.91. The van der Waals surface area contributed by atoms with Crippen LogP contribution in [0.3, 0.4) is 0 Å². The Morgan fingerprint density at radius 3 is 2.24 bits per heavy atom. The Kier molecular flexibility index (Phi) is 7.52. The molecule has 2 nitrogen and oxygen atoms in total. The molecule has 0 bridgehead atoms. The van der Waals surface area contributed by atoms with E-state index in [2.05, 4.69) is 48.7 Å². The molecule has 0 atom stereocenters. The van der Waals surface area contributed by atoms with Gasteiger partial charge in [-0.25, -0.2) is 0 Å². The van der Waals surface area contributed by atoms with Crippen LogP contribution in [0.4, 0.5) is 0 Å². The Morgan fingerprint density at radius 1 is 1.19 bits per heavy atom. The fourth-order valence-electron chi connectivity index (χ4n) is 2.97. The van der Waals surface area contributed by atoms with Crippen molar-refractivity contribution in [2.75, 3.05) is 19.6 Å². The molecule has 2 rings (SSSR count). The van der Waals surface area contributed by atoms with E-state index in [1.807, 2.05) is 13.8 Å². The number of nitrogens with zero attached hydrogens (tertiary/aromatic N) is 1. The second-order valence-electron chi connectivity index (χ2n) is 5.91. The van der Waals surface area contributed by atoms with Gasteiger partial charge in [-0.3, -0.25) is 0 Å². The molecule has 1 aromatic carbocycles. The highest BCUT2D eigenvalue weighted by Crippen LogP contribution is 2.35. The predicted octanol–water partition coefficient (Wildman–Crippen LogP) is 4.22. The summed E-state index contributed by atoms with van der Waals surface area (Å²) in [6, 6.07) is 10.7. The van der Waals surface area contributed by atoms with Gasteiger partial charge in [0.1, 0.15) is 0 Å². The number of allylic oxidation sites excluding steroid dienone is 1. The van der Waals surface area contributed by atoms with Crippen molar-refractivity contribution in [3.8, 4) is 0 Å². The van der Waals surface area contributed by atoms with E-state index in [-0.39, 0.29) is 0 Å². The van der Waals surface area contributed by atoms with Crippen molar-refractivity contribution in [1.29, 1.82) is 0 Å².